The lowest BCUT2D eigenvalue weighted by Crippen LogP contribution is -2.30. The van der Waals surface area contributed by atoms with Gasteiger partial charge in [-0.2, -0.15) is 0 Å². The molecule has 1 aromatic rings. The Morgan fingerprint density at radius 3 is 2.65 bits per heavy atom. The first-order valence-corrected chi connectivity index (χ1v) is 6.52. The zero-order valence-electron chi connectivity index (χ0n) is 10.5. The Kier molecular flexibility index (Phi) is 3.48. The Balaban J connectivity index is 1.98. The van der Waals surface area contributed by atoms with Crippen molar-refractivity contribution in [1.82, 2.24) is 4.98 Å². The van der Waals surface area contributed by atoms with Gasteiger partial charge in [0.05, 0.1) is 16.9 Å². The third-order valence-electron chi connectivity index (χ3n) is 3.54. The molecule has 0 aliphatic heterocycles. The summed E-state index contributed by atoms with van der Waals surface area (Å²) < 4.78 is 0. The molecule has 0 unspecified atom stereocenters. The molecule has 0 saturated heterocycles. The van der Waals surface area contributed by atoms with Gasteiger partial charge in [0, 0.05) is 6.04 Å². The fraction of sp³-hybridized carbons (Fsp3) is 0.615. The second-order valence-electron chi connectivity index (χ2n) is 5.68. The molecule has 1 aromatic heterocycles. The third-order valence-corrected chi connectivity index (χ3v) is 3.83. The number of nitrogens with two attached hydrogens (primary N) is 1. The van der Waals surface area contributed by atoms with Crippen LogP contribution in [0.1, 0.15) is 39.5 Å². The number of pyridine rings is 1. The number of nitrogen functional groups attached to an aromatic ring is 1. The Morgan fingerprint density at radius 2 is 2.06 bits per heavy atom. The molecule has 0 radical (unpaired) electrons. The average molecular weight is 254 g/mol. The number of nitrogens with one attached hydrogen (secondary N) is 1. The van der Waals surface area contributed by atoms with E-state index < -0.39 is 0 Å². The third kappa shape index (κ3) is 3.25. The maximum atomic E-state index is 6.10. The zero-order valence-corrected chi connectivity index (χ0v) is 11.2. The summed E-state index contributed by atoms with van der Waals surface area (Å²) in [6, 6.07) is 2.22. The Morgan fingerprint density at radius 1 is 1.41 bits per heavy atom. The summed E-state index contributed by atoms with van der Waals surface area (Å²) in [5.41, 5.74) is 6.71. The molecule has 1 aliphatic carbocycles. The second-order valence-corrected chi connectivity index (χ2v) is 6.09. The van der Waals surface area contributed by atoms with E-state index in [-0.39, 0.29) is 0 Å². The lowest BCUT2D eigenvalue weighted by Gasteiger charge is -2.34. The van der Waals surface area contributed by atoms with Crippen molar-refractivity contribution >= 4 is 23.1 Å². The molecule has 1 saturated carbocycles. The Hall–Kier alpha value is -0.960. The number of rotatable bonds is 2. The molecule has 1 fully saturated rings. The van der Waals surface area contributed by atoms with Crippen molar-refractivity contribution < 1.29 is 0 Å². The van der Waals surface area contributed by atoms with E-state index in [4.69, 9.17) is 17.3 Å². The van der Waals surface area contributed by atoms with Gasteiger partial charge in [-0.15, -0.1) is 0 Å². The number of nitrogens with zero attached hydrogens (tertiary/aromatic N) is 1. The Labute approximate surface area is 108 Å². The topological polar surface area (TPSA) is 50.9 Å². The van der Waals surface area contributed by atoms with Crippen LogP contribution >= 0.6 is 11.6 Å². The zero-order chi connectivity index (χ0) is 12.5. The standard InChI is InChI=1S/C13H20ClN3/c1-13(2)5-3-10(4-6-13)17-12-11(14)7-9(15)8-16-12/h7-8,10H,3-6,15H2,1-2H3,(H,16,17). The molecule has 0 amide bonds. The first kappa shape index (κ1) is 12.5. The number of hydrogen-bond donors (Lipinski definition) is 2. The van der Waals surface area contributed by atoms with Gasteiger partial charge >= 0.3 is 0 Å². The monoisotopic (exact) mass is 253 g/mol. The van der Waals surface area contributed by atoms with Crippen LogP contribution in [0.5, 0.6) is 0 Å². The molecule has 3 N–H and O–H groups in total. The van der Waals surface area contributed by atoms with Crippen LogP contribution in [-0.2, 0) is 0 Å². The van der Waals surface area contributed by atoms with E-state index in [1.807, 2.05) is 0 Å². The molecule has 0 bridgehead atoms. The largest absolute Gasteiger partial charge is 0.397 e. The van der Waals surface area contributed by atoms with E-state index in [9.17, 15) is 0 Å². The maximum Gasteiger partial charge on any atom is 0.145 e. The first-order valence-electron chi connectivity index (χ1n) is 6.14. The van der Waals surface area contributed by atoms with Crippen molar-refractivity contribution in [3.8, 4) is 0 Å². The molecular formula is C13H20ClN3. The predicted octanol–water partition coefficient (Wildman–Crippen LogP) is 3.70. The van der Waals surface area contributed by atoms with Crippen molar-refractivity contribution in [3.05, 3.63) is 17.3 Å². The smallest absolute Gasteiger partial charge is 0.145 e. The number of halogens is 1. The van der Waals surface area contributed by atoms with E-state index in [1.54, 1.807) is 12.3 Å². The predicted molar refractivity (Wildman–Crippen MR) is 73.3 cm³/mol. The van der Waals surface area contributed by atoms with E-state index in [2.05, 4.69) is 24.1 Å². The van der Waals surface area contributed by atoms with Crippen LogP contribution in [0.2, 0.25) is 5.02 Å². The van der Waals surface area contributed by atoms with Gasteiger partial charge in [-0.05, 0) is 37.2 Å². The van der Waals surface area contributed by atoms with E-state index in [1.165, 1.54) is 25.7 Å². The average Bonchev–Trinajstić information content (AvgIpc) is 2.25. The van der Waals surface area contributed by atoms with Crippen LogP contribution < -0.4 is 11.1 Å². The minimum absolute atomic E-state index is 0.483. The van der Waals surface area contributed by atoms with Gasteiger partial charge in [-0.3, -0.25) is 0 Å². The maximum absolute atomic E-state index is 6.10. The molecule has 0 aromatic carbocycles. The second kappa shape index (κ2) is 4.73. The van der Waals surface area contributed by atoms with Gasteiger partial charge < -0.3 is 11.1 Å². The van der Waals surface area contributed by atoms with Crippen LogP contribution in [-0.4, -0.2) is 11.0 Å². The fourth-order valence-electron chi connectivity index (χ4n) is 2.30. The van der Waals surface area contributed by atoms with Crippen molar-refractivity contribution in [2.24, 2.45) is 5.41 Å². The molecule has 17 heavy (non-hydrogen) atoms. The van der Waals surface area contributed by atoms with Gasteiger partial charge in [-0.25, -0.2) is 4.98 Å². The summed E-state index contributed by atoms with van der Waals surface area (Å²) in [6.07, 6.45) is 6.49. The van der Waals surface area contributed by atoms with Gasteiger partial charge in [0.2, 0.25) is 0 Å². The molecule has 1 heterocycles. The highest BCUT2D eigenvalue weighted by Crippen LogP contribution is 2.36. The van der Waals surface area contributed by atoms with Crippen molar-refractivity contribution in [2.75, 3.05) is 11.1 Å². The van der Waals surface area contributed by atoms with E-state index in [0.717, 1.165) is 5.82 Å². The van der Waals surface area contributed by atoms with Gasteiger partial charge in [0.1, 0.15) is 5.82 Å². The summed E-state index contributed by atoms with van der Waals surface area (Å²) >= 11 is 6.10. The number of anilines is 2. The Bertz CT molecular complexity index is 394. The molecule has 0 atom stereocenters. The van der Waals surface area contributed by atoms with Crippen molar-refractivity contribution in [1.29, 1.82) is 0 Å². The summed E-state index contributed by atoms with van der Waals surface area (Å²) in [4.78, 5) is 4.24. The van der Waals surface area contributed by atoms with Crippen LogP contribution in [0.15, 0.2) is 12.3 Å². The normalized spacial score (nSPS) is 20.2. The highest BCUT2D eigenvalue weighted by molar-refractivity contribution is 6.33. The van der Waals surface area contributed by atoms with Gasteiger partial charge in [-0.1, -0.05) is 25.4 Å². The lowest BCUT2D eigenvalue weighted by atomic mass is 9.75. The molecule has 4 heteroatoms. The molecular weight excluding hydrogens is 234 g/mol. The quantitative estimate of drug-likeness (QED) is 0.845. The van der Waals surface area contributed by atoms with Crippen LogP contribution in [0.4, 0.5) is 11.5 Å². The minimum atomic E-state index is 0.483. The van der Waals surface area contributed by atoms with Crippen LogP contribution in [0, 0.1) is 5.41 Å². The van der Waals surface area contributed by atoms with Crippen molar-refractivity contribution in [3.63, 3.8) is 0 Å². The summed E-state index contributed by atoms with van der Waals surface area (Å²) in [6.45, 7) is 4.66. The van der Waals surface area contributed by atoms with E-state index in [0.29, 0.717) is 22.2 Å². The number of aromatic nitrogens is 1. The SMILES string of the molecule is CC1(C)CCC(Nc2ncc(N)cc2Cl)CC1. The van der Waals surface area contributed by atoms with Crippen LogP contribution in [0.25, 0.3) is 0 Å². The summed E-state index contributed by atoms with van der Waals surface area (Å²) in [5, 5.41) is 4.02. The fourth-order valence-corrected chi connectivity index (χ4v) is 2.53. The van der Waals surface area contributed by atoms with Gasteiger partial charge in [0.15, 0.2) is 0 Å². The summed E-state index contributed by atoms with van der Waals surface area (Å²) in [7, 11) is 0. The molecule has 1 aliphatic rings. The minimum Gasteiger partial charge on any atom is -0.397 e. The molecule has 3 nitrogen and oxygen atoms in total. The molecule has 94 valence electrons. The summed E-state index contributed by atoms with van der Waals surface area (Å²) in [5.74, 6) is 0.755. The first-order chi connectivity index (χ1) is 7.96. The van der Waals surface area contributed by atoms with Gasteiger partial charge in [0.25, 0.3) is 0 Å². The highest BCUT2D eigenvalue weighted by Gasteiger charge is 2.27. The van der Waals surface area contributed by atoms with Crippen LogP contribution in [0.3, 0.4) is 0 Å². The molecule has 2 rings (SSSR count). The number of hydrogen-bond acceptors (Lipinski definition) is 3. The lowest BCUT2D eigenvalue weighted by molar-refractivity contribution is 0.232. The van der Waals surface area contributed by atoms with Crippen molar-refractivity contribution in [2.45, 2.75) is 45.6 Å². The highest BCUT2D eigenvalue weighted by atomic mass is 35.5. The molecule has 0 spiro atoms. The van der Waals surface area contributed by atoms with E-state index >= 15 is 0 Å².